The number of carbonyl (C=O) groups is 3. The molecule has 0 aliphatic rings. The zero-order valence-electron chi connectivity index (χ0n) is 26.4. The van der Waals surface area contributed by atoms with Gasteiger partial charge in [-0.25, -0.2) is 0 Å². The number of nitrogens with one attached hydrogen (secondary N) is 1. The van der Waals surface area contributed by atoms with Crippen LogP contribution < -0.4 is 11.1 Å². The predicted molar refractivity (Wildman–Crippen MR) is 178 cm³/mol. The van der Waals surface area contributed by atoms with Crippen molar-refractivity contribution in [3.05, 3.63) is 94.7 Å². The van der Waals surface area contributed by atoms with Gasteiger partial charge in [-0.2, -0.15) is 0 Å². The zero-order valence-corrected chi connectivity index (χ0v) is 27.2. The summed E-state index contributed by atoms with van der Waals surface area (Å²) < 4.78 is 0. The van der Waals surface area contributed by atoms with Crippen LogP contribution in [0.3, 0.4) is 0 Å². The molecule has 1 aromatic heterocycles. The van der Waals surface area contributed by atoms with Crippen molar-refractivity contribution in [3.8, 4) is 11.1 Å². The Hall–Kier alpha value is -3.79. The molecule has 236 valence electrons. The topological polar surface area (TPSA) is 116 Å². The van der Waals surface area contributed by atoms with Crippen LogP contribution in [0.25, 0.3) is 11.1 Å². The molecule has 0 bridgehead atoms. The summed E-state index contributed by atoms with van der Waals surface area (Å²) in [6, 6.07) is 20.1. The highest BCUT2D eigenvalue weighted by Gasteiger charge is 2.35. The molecule has 0 aliphatic heterocycles. The molecule has 1 heterocycles. The fourth-order valence-electron chi connectivity index (χ4n) is 4.70. The van der Waals surface area contributed by atoms with Crippen molar-refractivity contribution in [2.24, 2.45) is 5.73 Å². The molecule has 0 saturated heterocycles. The van der Waals surface area contributed by atoms with Crippen molar-refractivity contribution in [2.45, 2.75) is 70.2 Å². The van der Waals surface area contributed by atoms with Gasteiger partial charge in [0.1, 0.15) is 12.1 Å². The highest BCUT2D eigenvalue weighted by Crippen LogP contribution is 2.22. The standard InChI is InChI=1S/C35H46N4O4S/c1-6-35(3,36)20-10-15-32(41)38(4)31(22-26-16-18-28(19-17-26)27-12-8-7-9-13-27)34(43)39(5)30(23-29-14-11-21-44-29)33(42)37-24-25(2)40/h7-19,21,25,30-31,40H,6,20,22-24,36H2,1-5H3,(H,37,42)/b15-10+/t25-,30-,31-,35?/m1/s1. The van der Waals surface area contributed by atoms with Gasteiger partial charge in [0, 0.05) is 43.9 Å². The number of carbonyl (C=O) groups excluding carboxylic acids is 3. The molecule has 0 radical (unpaired) electrons. The largest absolute Gasteiger partial charge is 0.392 e. The van der Waals surface area contributed by atoms with Gasteiger partial charge in [0.25, 0.3) is 0 Å². The second kappa shape index (κ2) is 16.3. The van der Waals surface area contributed by atoms with E-state index in [0.717, 1.165) is 28.0 Å². The molecule has 3 rings (SSSR count). The molecule has 9 heteroatoms. The fourth-order valence-corrected chi connectivity index (χ4v) is 5.44. The third kappa shape index (κ3) is 10.1. The number of hydrogen-bond donors (Lipinski definition) is 3. The van der Waals surface area contributed by atoms with Gasteiger partial charge < -0.3 is 26.0 Å². The van der Waals surface area contributed by atoms with Crippen LogP contribution >= 0.6 is 11.3 Å². The molecule has 3 aromatic rings. The lowest BCUT2D eigenvalue weighted by Gasteiger charge is -2.34. The Morgan fingerprint density at radius 2 is 1.61 bits per heavy atom. The number of nitrogens with two attached hydrogens (primary N) is 1. The first-order valence-corrected chi connectivity index (χ1v) is 15.9. The van der Waals surface area contributed by atoms with E-state index in [-0.39, 0.29) is 30.7 Å². The first-order valence-electron chi connectivity index (χ1n) is 15.0. The van der Waals surface area contributed by atoms with E-state index in [1.54, 1.807) is 27.1 Å². The van der Waals surface area contributed by atoms with Crippen molar-refractivity contribution in [1.82, 2.24) is 15.1 Å². The number of rotatable bonds is 15. The first kappa shape index (κ1) is 34.7. The number of amides is 3. The molecule has 2 aromatic carbocycles. The monoisotopic (exact) mass is 618 g/mol. The number of aliphatic hydroxyl groups is 1. The van der Waals surface area contributed by atoms with Gasteiger partial charge >= 0.3 is 0 Å². The first-order chi connectivity index (χ1) is 20.9. The summed E-state index contributed by atoms with van der Waals surface area (Å²) in [6.45, 7) is 5.59. The normalized spacial score (nSPS) is 14.8. The maximum absolute atomic E-state index is 14.2. The van der Waals surface area contributed by atoms with Gasteiger partial charge in [0.2, 0.25) is 17.7 Å². The van der Waals surface area contributed by atoms with Crippen LogP contribution in [0.4, 0.5) is 0 Å². The maximum atomic E-state index is 14.2. The van der Waals surface area contributed by atoms with Crippen molar-refractivity contribution in [3.63, 3.8) is 0 Å². The van der Waals surface area contributed by atoms with E-state index in [4.69, 9.17) is 5.73 Å². The van der Waals surface area contributed by atoms with E-state index < -0.39 is 23.7 Å². The SMILES string of the molecule is CCC(C)(N)C/C=C/C(=O)N(C)[C@H](Cc1ccc(-c2ccccc2)cc1)C(=O)N(C)[C@H](Cc1cccs1)C(=O)NC[C@@H](C)O. The molecule has 0 saturated carbocycles. The van der Waals surface area contributed by atoms with Crippen LogP contribution in [0.5, 0.6) is 0 Å². The number of likely N-dealkylation sites (N-methyl/N-ethyl adjacent to an activating group) is 2. The number of aliphatic hydroxyl groups excluding tert-OH is 1. The Morgan fingerprint density at radius 1 is 0.955 bits per heavy atom. The summed E-state index contributed by atoms with van der Waals surface area (Å²) in [5.41, 5.74) is 8.84. The number of nitrogens with zero attached hydrogens (tertiary/aromatic N) is 2. The molecular formula is C35H46N4O4S. The van der Waals surface area contributed by atoms with Gasteiger partial charge in [-0.3, -0.25) is 14.4 Å². The highest BCUT2D eigenvalue weighted by molar-refractivity contribution is 7.09. The van der Waals surface area contributed by atoms with Gasteiger partial charge in [0.05, 0.1) is 6.10 Å². The van der Waals surface area contributed by atoms with Crippen LogP contribution in [-0.2, 0) is 27.2 Å². The Morgan fingerprint density at radius 3 is 2.20 bits per heavy atom. The molecular weight excluding hydrogens is 572 g/mol. The summed E-state index contributed by atoms with van der Waals surface area (Å²) in [6.07, 6.45) is 4.35. The molecule has 4 N–H and O–H groups in total. The molecule has 8 nitrogen and oxygen atoms in total. The summed E-state index contributed by atoms with van der Waals surface area (Å²) in [5.74, 6) is -1.04. The quantitative estimate of drug-likeness (QED) is 0.218. The third-order valence-corrected chi connectivity index (χ3v) is 8.81. The second-order valence-electron chi connectivity index (χ2n) is 11.7. The van der Waals surface area contributed by atoms with Crippen molar-refractivity contribution >= 4 is 29.1 Å². The van der Waals surface area contributed by atoms with Gasteiger partial charge in [-0.05, 0) is 60.9 Å². The molecule has 44 heavy (non-hydrogen) atoms. The van der Waals surface area contributed by atoms with E-state index >= 15 is 0 Å². The Balaban J connectivity index is 1.91. The number of hydrogen-bond acceptors (Lipinski definition) is 6. The summed E-state index contributed by atoms with van der Waals surface area (Å²) in [4.78, 5) is 44.8. The molecule has 4 atom stereocenters. The lowest BCUT2D eigenvalue weighted by molar-refractivity contribution is -0.146. The minimum Gasteiger partial charge on any atom is -0.392 e. The smallest absolute Gasteiger partial charge is 0.246 e. The molecule has 0 fully saturated rings. The van der Waals surface area contributed by atoms with Gasteiger partial charge in [0.15, 0.2) is 0 Å². The second-order valence-corrected chi connectivity index (χ2v) is 12.7. The van der Waals surface area contributed by atoms with Gasteiger partial charge in [-0.15, -0.1) is 11.3 Å². The van der Waals surface area contributed by atoms with E-state index in [1.807, 2.05) is 86.0 Å². The summed E-state index contributed by atoms with van der Waals surface area (Å²) >= 11 is 1.51. The van der Waals surface area contributed by atoms with E-state index in [2.05, 4.69) is 5.32 Å². The average molecular weight is 619 g/mol. The lowest BCUT2D eigenvalue weighted by atomic mass is 9.96. The fraction of sp³-hybridized carbons (Fsp3) is 0.400. The average Bonchev–Trinajstić information content (AvgIpc) is 3.54. The third-order valence-electron chi connectivity index (χ3n) is 7.91. The number of benzene rings is 2. The van der Waals surface area contributed by atoms with Crippen molar-refractivity contribution < 1.29 is 19.5 Å². The van der Waals surface area contributed by atoms with Crippen LogP contribution in [-0.4, -0.2) is 77.0 Å². The summed E-state index contributed by atoms with van der Waals surface area (Å²) in [5, 5.41) is 14.4. The maximum Gasteiger partial charge on any atom is 0.246 e. The highest BCUT2D eigenvalue weighted by atomic mass is 32.1. The Bertz CT molecular complexity index is 1370. The Labute approximate surface area is 265 Å². The molecule has 3 amide bonds. The van der Waals surface area contributed by atoms with Crippen LogP contribution in [0, 0.1) is 0 Å². The Kier molecular flexibility index (Phi) is 12.9. The van der Waals surface area contributed by atoms with Crippen LogP contribution in [0.15, 0.2) is 84.3 Å². The van der Waals surface area contributed by atoms with E-state index in [1.165, 1.54) is 27.2 Å². The number of thiophene rings is 1. The van der Waals surface area contributed by atoms with E-state index in [0.29, 0.717) is 12.8 Å². The predicted octanol–water partition coefficient (Wildman–Crippen LogP) is 4.43. The minimum absolute atomic E-state index is 0.0694. The lowest BCUT2D eigenvalue weighted by Crippen LogP contribution is -2.56. The summed E-state index contributed by atoms with van der Waals surface area (Å²) in [7, 11) is 3.22. The van der Waals surface area contributed by atoms with Crippen molar-refractivity contribution in [1.29, 1.82) is 0 Å². The zero-order chi connectivity index (χ0) is 32.3. The molecule has 0 spiro atoms. The molecule has 1 unspecified atom stereocenters. The van der Waals surface area contributed by atoms with Gasteiger partial charge in [-0.1, -0.05) is 73.7 Å². The van der Waals surface area contributed by atoms with Crippen LogP contribution in [0.1, 0.15) is 44.1 Å². The molecule has 0 aliphatic carbocycles. The van der Waals surface area contributed by atoms with Crippen molar-refractivity contribution in [2.75, 3.05) is 20.6 Å². The van der Waals surface area contributed by atoms with Crippen LogP contribution in [0.2, 0.25) is 0 Å². The van der Waals surface area contributed by atoms with E-state index in [9.17, 15) is 19.5 Å². The minimum atomic E-state index is -0.870.